The fourth-order valence-electron chi connectivity index (χ4n) is 2.42. The Labute approximate surface area is 124 Å². The van der Waals surface area contributed by atoms with E-state index in [-0.39, 0.29) is 11.8 Å². The summed E-state index contributed by atoms with van der Waals surface area (Å²) in [6, 6.07) is 4.83. The largest absolute Gasteiger partial charge is 0.416 e. The number of hydrogen-bond acceptors (Lipinski definition) is 3. The molecule has 7 heteroatoms. The maximum Gasteiger partial charge on any atom is 0.416 e. The van der Waals surface area contributed by atoms with Crippen LogP contribution in [0.4, 0.5) is 13.2 Å². The van der Waals surface area contributed by atoms with Crippen LogP contribution in [0.1, 0.15) is 17.3 Å². The molecule has 2 aliphatic rings. The third kappa shape index (κ3) is 2.88. The Morgan fingerprint density at radius 1 is 1.14 bits per heavy atom. The van der Waals surface area contributed by atoms with Gasteiger partial charge in [-0.3, -0.25) is 4.79 Å². The number of halogens is 3. The molecule has 2 heterocycles. The van der Waals surface area contributed by atoms with Crippen LogP contribution in [0.5, 0.6) is 0 Å². The van der Waals surface area contributed by atoms with E-state index >= 15 is 0 Å². The maximum absolute atomic E-state index is 12.5. The summed E-state index contributed by atoms with van der Waals surface area (Å²) in [7, 11) is 0. The van der Waals surface area contributed by atoms with Crippen LogP contribution in [-0.4, -0.2) is 17.4 Å². The number of rotatable bonds is 1. The van der Waals surface area contributed by atoms with Gasteiger partial charge in [-0.2, -0.15) is 24.9 Å². The molecule has 1 saturated heterocycles. The fourth-order valence-corrected chi connectivity index (χ4v) is 3.42. The lowest BCUT2D eigenvalue weighted by molar-refractivity contribution is -0.137. The monoisotopic (exact) mass is 314 g/mol. The first-order chi connectivity index (χ1) is 9.95. The summed E-state index contributed by atoms with van der Waals surface area (Å²) in [5, 5.41) is 6.00. The van der Waals surface area contributed by atoms with Gasteiger partial charge in [0, 0.05) is 17.2 Å². The molecule has 0 radical (unpaired) electrons. The van der Waals surface area contributed by atoms with Crippen LogP contribution in [-0.2, 0) is 11.0 Å². The van der Waals surface area contributed by atoms with Gasteiger partial charge in [0.2, 0.25) is 5.91 Å². The van der Waals surface area contributed by atoms with Crippen molar-refractivity contribution in [3.05, 3.63) is 47.2 Å². The van der Waals surface area contributed by atoms with Crippen molar-refractivity contribution >= 4 is 17.7 Å². The van der Waals surface area contributed by atoms with E-state index < -0.39 is 17.9 Å². The molecule has 2 aliphatic heterocycles. The minimum absolute atomic E-state index is 0.0860. The maximum atomic E-state index is 12.5. The van der Waals surface area contributed by atoms with Gasteiger partial charge in [0.15, 0.2) is 0 Å². The second-order valence-electron chi connectivity index (χ2n) is 4.96. The molecule has 1 fully saturated rings. The van der Waals surface area contributed by atoms with Gasteiger partial charge in [-0.15, -0.1) is 0 Å². The second kappa shape index (κ2) is 5.29. The highest BCUT2D eigenvalue weighted by atomic mass is 32.2. The van der Waals surface area contributed by atoms with E-state index in [1.54, 1.807) is 11.8 Å². The van der Waals surface area contributed by atoms with E-state index in [2.05, 4.69) is 10.6 Å². The number of nitrogens with one attached hydrogen (secondary N) is 2. The lowest BCUT2D eigenvalue weighted by Crippen LogP contribution is -2.50. The summed E-state index contributed by atoms with van der Waals surface area (Å²) in [6.45, 7) is 0. The molecular weight excluding hydrogens is 301 g/mol. The Balaban J connectivity index is 1.81. The Hall–Kier alpha value is -1.63. The molecule has 2 unspecified atom stereocenters. The second-order valence-corrected chi connectivity index (χ2v) is 6.03. The van der Waals surface area contributed by atoms with Crippen LogP contribution in [0.15, 0.2) is 36.0 Å². The Morgan fingerprint density at radius 3 is 2.52 bits per heavy atom. The minimum atomic E-state index is -4.35. The normalized spacial score (nSPS) is 25.5. The SMILES string of the molecule is O=C1NC(c2ccc(C(F)(F)F)cc2)NC2=CCSCC12. The van der Waals surface area contributed by atoms with Gasteiger partial charge in [-0.1, -0.05) is 18.2 Å². The van der Waals surface area contributed by atoms with Crippen molar-refractivity contribution in [2.45, 2.75) is 12.3 Å². The van der Waals surface area contributed by atoms with Gasteiger partial charge in [0.1, 0.15) is 6.17 Å². The first-order valence-corrected chi connectivity index (χ1v) is 7.62. The van der Waals surface area contributed by atoms with Gasteiger partial charge in [0.25, 0.3) is 0 Å². The van der Waals surface area contributed by atoms with Crippen molar-refractivity contribution in [2.75, 3.05) is 11.5 Å². The summed E-state index contributed by atoms with van der Waals surface area (Å²) in [4.78, 5) is 12.1. The summed E-state index contributed by atoms with van der Waals surface area (Å²) >= 11 is 1.68. The van der Waals surface area contributed by atoms with E-state index in [1.165, 1.54) is 12.1 Å². The number of fused-ring (bicyclic) bond motifs is 1. The fraction of sp³-hybridized carbons (Fsp3) is 0.357. The van der Waals surface area contributed by atoms with Crippen molar-refractivity contribution in [1.82, 2.24) is 10.6 Å². The van der Waals surface area contributed by atoms with Gasteiger partial charge in [-0.25, -0.2) is 0 Å². The predicted octanol–water partition coefficient (Wildman–Crippen LogP) is 2.67. The standard InChI is InChI=1S/C14H13F3N2OS/c15-14(16,17)9-3-1-8(2-4-9)12-18-11-5-6-21-7-10(11)13(20)19-12/h1-5,10,12,18H,6-7H2,(H,19,20). The average molecular weight is 314 g/mol. The number of benzene rings is 1. The number of carbonyl (C=O) groups is 1. The third-order valence-electron chi connectivity index (χ3n) is 3.57. The highest BCUT2D eigenvalue weighted by Crippen LogP contribution is 2.31. The molecule has 112 valence electrons. The molecule has 2 N–H and O–H groups in total. The molecular formula is C14H13F3N2OS. The van der Waals surface area contributed by atoms with Crippen molar-refractivity contribution < 1.29 is 18.0 Å². The zero-order valence-corrected chi connectivity index (χ0v) is 11.7. The van der Waals surface area contributed by atoms with E-state index in [9.17, 15) is 18.0 Å². The van der Waals surface area contributed by atoms with Gasteiger partial charge >= 0.3 is 6.18 Å². The van der Waals surface area contributed by atoms with Crippen LogP contribution in [0.3, 0.4) is 0 Å². The van der Waals surface area contributed by atoms with Crippen molar-refractivity contribution in [3.63, 3.8) is 0 Å². The Kier molecular flexibility index (Phi) is 3.61. The van der Waals surface area contributed by atoms with Crippen LogP contribution in [0.2, 0.25) is 0 Å². The number of amides is 1. The van der Waals surface area contributed by atoms with E-state index in [1.807, 2.05) is 6.08 Å². The highest BCUT2D eigenvalue weighted by molar-refractivity contribution is 7.99. The molecule has 3 rings (SSSR count). The first kappa shape index (κ1) is 14.3. The smallest absolute Gasteiger partial charge is 0.364 e. The number of thioether (sulfide) groups is 1. The zero-order chi connectivity index (χ0) is 15.0. The predicted molar refractivity (Wildman–Crippen MR) is 74.4 cm³/mol. The molecule has 3 nitrogen and oxygen atoms in total. The van der Waals surface area contributed by atoms with Crippen molar-refractivity contribution in [2.24, 2.45) is 5.92 Å². The van der Waals surface area contributed by atoms with Crippen LogP contribution in [0, 0.1) is 5.92 Å². The molecule has 0 aromatic heterocycles. The summed E-state index contributed by atoms with van der Waals surface area (Å²) < 4.78 is 37.6. The minimum Gasteiger partial charge on any atom is -0.364 e. The van der Waals surface area contributed by atoms with Crippen molar-refractivity contribution in [1.29, 1.82) is 0 Å². The van der Waals surface area contributed by atoms with Crippen LogP contribution in [0.25, 0.3) is 0 Å². The van der Waals surface area contributed by atoms with Crippen LogP contribution < -0.4 is 10.6 Å². The molecule has 0 bridgehead atoms. The molecule has 0 saturated carbocycles. The lowest BCUT2D eigenvalue weighted by Gasteiger charge is -2.35. The van der Waals surface area contributed by atoms with Crippen LogP contribution >= 0.6 is 11.8 Å². The van der Waals surface area contributed by atoms with Gasteiger partial charge in [-0.05, 0) is 17.7 Å². The molecule has 0 spiro atoms. The van der Waals surface area contributed by atoms with E-state index in [4.69, 9.17) is 0 Å². The molecule has 21 heavy (non-hydrogen) atoms. The van der Waals surface area contributed by atoms with E-state index in [0.717, 1.165) is 29.3 Å². The topological polar surface area (TPSA) is 41.1 Å². The Morgan fingerprint density at radius 2 is 1.86 bits per heavy atom. The zero-order valence-electron chi connectivity index (χ0n) is 10.9. The quantitative estimate of drug-likeness (QED) is 0.837. The molecule has 1 aromatic rings. The summed E-state index contributed by atoms with van der Waals surface area (Å²) in [5.74, 6) is 1.29. The summed E-state index contributed by atoms with van der Waals surface area (Å²) in [6.07, 6.45) is -2.87. The van der Waals surface area contributed by atoms with Crippen molar-refractivity contribution in [3.8, 4) is 0 Å². The van der Waals surface area contributed by atoms with E-state index in [0.29, 0.717) is 5.56 Å². The molecule has 2 atom stereocenters. The van der Waals surface area contributed by atoms with Gasteiger partial charge in [0.05, 0.1) is 11.5 Å². The number of carbonyl (C=O) groups excluding carboxylic acids is 1. The number of hydrogen-bond donors (Lipinski definition) is 2. The molecule has 1 aromatic carbocycles. The lowest BCUT2D eigenvalue weighted by atomic mass is 10.00. The summed E-state index contributed by atoms with van der Waals surface area (Å²) in [5.41, 5.74) is 0.774. The van der Waals surface area contributed by atoms with Gasteiger partial charge < -0.3 is 10.6 Å². The first-order valence-electron chi connectivity index (χ1n) is 6.47. The molecule has 0 aliphatic carbocycles. The highest BCUT2D eigenvalue weighted by Gasteiger charge is 2.34. The number of alkyl halides is 3. The average Bonchev–Trinajstić information content (AvgIpc) is 2.46. The molecule has 1 amide bonds. The third-order valence-corrected chi connectivity index (χ3v) is 4.54. The Bertz CT molecular complexity index is 583.